The van der Waals surface area contributed by atoms with Crippen LogP contribution >= 0.6 is 11.8 Å². The zero-order valence-corrected chi connectivity index (χ0v) is 16.7. The van der Waals surface area contributed by atoms with Gasteiger partial charge in [-0.3, -0.25) is 5.32 Å². The molecule has 0 saturated carbocycles. The van der Waals surface area contributed by atoms with E-state index >= 15 is 0 Å². The highest BCUT2D eigenvalue weighted by atomic mass is 32.2. The van der Waals surface area contributed by atoms with E-state index in [4.69, 9.17) is 5.26 Å². The van der Waals surface area contributed by atoms with Crippen molar-refractivity contribution in [1.82, 2.24) is 5.32 Å². The maximum atomic E-state index is 8.61. The lowest BCUT2D eigenvalue weighted by molar-refractivity contribution is 0.960. The van der Waals surface area contributed by atoms with Crippen molar-refractivity contribution in [2.45, 2.75) is 40.5 Å². The van der Waals surface area contributed by atoms with Gasteiger partial charge >= 0.3 is 0 Å². The molecule has 0 fully saturated rings. The van der Waals surface area contributed by atoms with Gasteiger partial charge in [0.15, 0.2) is 11.4 Å². The van der Waals surface area contributed by atoms with E-state index in [-0.39, 0.29) is 0 Å². The van der Waals surface area contributed by atoms with Gasteiger partial charge < -0.3 is 0 Å². The maximum Gasteiger partial charge on any atom is 0.183 e. The van der Waals surface area contributed by atoms with Crippen molar-refractivity contribution in [2.75, 3.05) is 6.26 Å². The van der Waals surface area contributed by atoms with E-state index in [9.17, 15) is 0 Å². The molecule has 1 N–H and O–H groups in total. The maximum absolute atomic E-state index is 8.61. The first-order valence-corrected chi connectivity index (χ1v) is 9.95. The molecule has 0 amide bonds. The average molecular weight is 356 g/mol. The van der Waals surface area contributed by atoms with Gasteiger partial charge in [-0.05, 0) is 42.4 Å². The molecule has 3 nitrogen and oxygen atoms in total. The fourth-order valence-electron chi connectivity index (χ4n) is 1.96. The van der Waals surface area contributed by atoms with E-state index in [0.29, 0.717) is 5.17 Å². The number of nitrogens with zero attached hydrogens (tertiary/aromatic N) is 2. The predicted octanol–water partition coefficient (Wildman–Crippen LogP) is 5.95. The number of amidine groups is 1. The van der Waals surface area contributed by atoms with Crippen LogP contribution in [0, 0.1) is 11.5 Å². The van der Waals surface area contributed by atoms with Crippen molar-refractivity contribution >= 4 is 22.6 Å². The lowest BCUT2D eigenvalue weighted by Gasteiger charge is -2.03. The molecule has 0 unspecified atom stereocenters. The first-order valence-electron chi connectivity index (χ1n) is 8.72. The first kappa shape index (κ1) is 22.8. The van der Waals surface area contributed by atoms with Gasteiger partial charge in [0.2, 0.25) is 0 Å². The Hall–Kier alpha value is -2.25. The molecular formula is C21H29N3S. The molecular weight excluding hydrogens is 326 g/mol. The van der Waals surface area contributed by atoms with Crippen LogP contribution in [0.25, 0.3) is 0 Å². The van der Waals surface area contributed by atoms with E-state index in [2.05, 4.69) is 46.7 Å². The van der Waals surface area contributed by atoms with Gasteiger partial charge in [0.1, 0.15) is 0 Å². The summed E-state index contributed by atoms with van der Waals surface area (Å²) in [7, 11) is 0. The van der Waals surface area contributed by atoms with Crippen LogP contribution in [0.2, 0.25) is 0 Å². The van der Waals surface area contributed by atoms with E-state index in [0.717, 1.165) is 18.5 Å². The Kier molecular flexibility index (Phi) is 13.9. The van der Waals surface area contributed by atoms with Gasteiger partial charge in [0, 0.05) is 0 Å². The summed E-state index contributed by atoms with van der Waals surface area (Å²) in [6, 6.07) is 18.6. The molecule has 0 aromatic heterocycles. The van der Waals surface area contributed by atoms with Gasteiger partial charge in [-0.25, -0.2) is 4.99 Å². The van der Waals surface area contributed by atoms with Crippen molar-refractivity contribution in [3.05, 3.63) is 65.7 Å². The lowest BCUT2D eigenvalue weighted by Crippen LogP contribution is -2.12. The SMILES string of the molecule is CC.CC.CSC(=Nc1ccc(CCc2ccccc2)cc1)NC#N. The third-order valence-corrected chi connectivity index (χ3v) is 3.65. The second-order valence-corrected chi connectivity index (χ2v) is 5.30. The van der Waals surface area contributed by atoms with Gasteiger partial charge in [0.25, 0.3) is 0 Å². The van der Waals surface area contributed by atoms with Crippen LogP contribution in [-0.4, -0.2) is 11.4 Å². The summed E-state index contributed by atoms with van der Waals surface area (Å²) in [5.74, 6) is 0. The summed E-state index contributed by atoms with van der Waals surface area (Å²) < 4.78 is 0. The molecule has 0 saturated heterocycles. The predicted molar refractivity (Wildman–Crippen MR) is 112 cm³/mol. The van der Waals surface area contributed by atoms with Crippen molar-refractivity contribution in [3.8, 4) is 6.19 Å². The molecule has 0 radical (unpaired) electrons. The standard InChI is InChI=1S/C17H17N3S.2C2H6/c1-21-17(19-13-18)20-16-11-9-15(10-12-16)8-7-14-5-3-2-4-6-14;2*1-2/h2-6,9-12H,7-8H2,1H3,(H,19,20);2*1-2H3. The Labute approximate surface area is 157 Å². The minimum absolute atomic E-state index is 0.606. The second-order valence-electron chi connectivity index (χ2n) is 4.51. The zero-order valence-electron chi connectivity index (χ0n) is 15.9. The summed E-state index contributed by atoms with van der Waals surface area (Å²) in [5, 5.41) is 11.8. The molecule has 0 aliphatic heterocycles. The summed E-state index contributed by atoms with van der Waals surface area (Å²) in [4.78, 5) is 4.37. The average Bonchev–Trinajstić information content (AvgIpc) is 2.71. The molecule has 0 heterocycles. The largest absolute Gasteiger partial charge is 0.271 e. The molecule has 4 heteroatoms. The van der Waals surface area contributed by atoms with Crippen molar-refractivity contribution in [3.63, 3.8) is 0 Å². The summed E-state index contributed by atoms with van der Waals surface area (Å²) in [6.45, 7) is 8.00. The van der Waals surface area contributed by atoms with Crippen molar-refractivity contribution < 1.29 is 0 Å². The fourth-order valence-corrected chi connectivity index (χ4v) is 2.30. The van der Waals surface area contributed by atoms with Crippen molar-refractivity contribution in [2.24, 2.45) is 4.99 Å². The highest BCUT2D eigenvalue weighted by Gasteiger charge is 1.98. The van der Waals surface area contributed by atoms with E-state index in [1.165, 1.54) is 22.9 Å². The summed E-state index contributed by atoms with van der Waals surface area (Å²) >= 11 is 1.42. The fraction of sp³-hybridized carbons (Fsp3) is 0.333. The second kappa shape index (κ2) is 15.3. The molecule has 0 spiro atoms. The van der Waals surface area contributed by atoms with Crippen LogP contribution in [-0.2, 0) is 12.8 Å². The molecule has 0 bridgehead atoms. The number of hydrogen-bond acceptors (Lipinski definition) is 3. The quantitative estimate of drug-likeness (QED) is 0.319. The van der Waals surface area contributed by atoms with Gasteiger partial charge in [0.05, 0.1) is 5.69 Å². The highest BCUT2D eigenvalue weighted by molar-refractivity contribution is 8.13. The summed E-state index contributed by atoms with van der Waals surface area (Å²) in [5.41, 5.74) is 3.49. The topological polar surface area (TPSA) is 48.2 Å². The number of rotatable bonds is 4. The molecule has 2 aromatic rings. The van der Waals surface area contributed by atoms with E-state index < -0.39 is 0 Å². The zero-order chi connectivity index (χ0) is 18.9. The lowest BCUT2D eigenvalue weighted by atomic mass is 10.0. The molecule has 25 heavy (non-hydrogen) atoms. The summed E-state index contributed by atoms with van der Waals surface area (Å²) in [6.07, 6.45) is 5.82. The Morgan fingerprint density at radius 1 is 0.920 bits per heavy atom. The Bertz CT molecular complexity index is 628. The molecule has 2 rings (SSSR count). The Balaban J connectivity index is 0.00000134. The number of aryl methyl sites for hydroxylation is 2. The van der Waals surface area contributed by atoms with Crippen LogP contribution < -0.4 is 5.32 Å². The molecule has 0 aliphatic rings. The number of nitriles is 1. The van der Waals surface area contributed by atoms with E-state index in [1.807, 2.05) is 58.3 Å². The number of benzene rings is 2. The molecule has 2 aromatic carbocycles. The van der Waals surface area contributed by atoms with Gasteiger partial charge in [-0.1, -0.05) is 81.9 Å². The van der Waals surface area contributed by atoms with Crippen LogP contribution in [0.3, 0.4) is 0 Å². The van der Waals surface area contributed by atoms with Crippen LogP contribution in [0.1, 0.15) is 38.8 Å². The van der Waals surface area contributed by atoms with Gasteiger partial charge in [-0.15, -0.1) is 0 Å². The smallest absolute Gasteiger partial charge is 0.183 e. The third kappa shape index (κ3) is 9.59. The Morgan fingerprint density at radius 3 is 1.92 bits per heavy atom. The van der Waals surface area contributed by atoms with Crippen LogP contribution in [0.15, 0.2) is 59.6 Å². The minimum atomic E-state index is 0.606. The molecule has 0 atom stereocenters. The number of hydrogen-bond donors (Lipinski definition) is 1. The van der Waals surface area contributed by atoms with Crippen molar-refractivity contribution in [1.29, 1.82) is 5.26 Å². The normalized spacial score (nSPS) is 9.68. The number of thioether (sulfide) groups is 1. The minimum Gasteiger partial charge on any atom is -0.271 e. The van der Waals surface area contributed by atoms with Crippen LogP contribution in [0.4, 0.5) is 5.69 Å². The van der Waals surface area contributed by atoms with Gasteiger partial charge in [-0.2, -0.15) is 5.26 Å². The monoisotopic (exact) mass is 355 g/mol. The molecule has 134 valence electrons. The number of aliphatic imine (C=N–C) groups is 1. The molecule has 0 aliphatic carbocycles. The third-order valence-electron chi connectivity index (χ3n) is 3.07. The highest BCUT2D eigenvalue weighted by Crippen LogP contribution is 2.16. The Morgan fingerprint density at radius 2 is 1.44 bits per heavy atom. The van der Waals surface area contributed by atoms with E-state index in [1.54, 1.807) is 0 Å². The van der Waals surface area contributed by atoms with Crippen LogP contribution in [0.5, 0.6) is 0 Å². The number of nitrogens with one attached hydrogen (secondary N) is 1. The first-order chi connectivity index (χ1) is 12.3.